The summed E-state index contributed by atoms with van der Waals surface area (Å²) in [7, 11) is 0. The van der Waals surface area contributed by atoms with Gasteiger partial charge in [-0.25, -0.2) is 5.43 Å². The predicted molar refractivity (Wildman–Crippen MR) is 123 cm³/mol. The SMILES string of the molecule is Cc1ccc(C=NNc2nc(Nc3cccc(Br)c3)nc(N3CCOCC3)n2)cc1. The first-order valence-electron chi connectivity index (χ1n) is 9.63. The maximum Gasteiger partial charge on any atom is 0.250 e. The van der Waals surface area contributed by atoms with Crippen LogP contribution in [0.5, 0.6) is 0 Å². The van der Waals surface area contributed by atoms with Gasteiger partial charge in [0.15, 0.2) is 0 Å². The van der Waals surface area contributed by atoms with Crippen LogP contribution in [-0.4, -0.2) is 47.5 Å². The van der Waals surface area contributed by atoms with Gasteiger partial charge in [-0.2, -0.15) is 20.1 Å². The standard InChI is InChI=1S/C21H22BrN7O/c1-15-5-7-16(8-6-15)14-23-28-20-25-19(24-18-4-2-3-17(22)13-18)26-21(27-20)29-9-11-30-12-10-29/h2-8,13-14H,9-12H2,1H3,(H2,24,25,26,27,28). The lowest BCUT2D eigenvalue weighted by atomic mass is 10.2. The number of nitrogens with zero attached hydrogens (tertiary/aromatic N) is 5. The van der Waals surface area contributed by atoms with Crippen molar-refractivity contribution < 1.29 is 4.74 Å². The number of halogens is 1. The predicted octanol–water partition coefficient (Wildman–Crippen LogP) is 3.97. The number of hydrazone groups is 1. The number of aromatic nitrogens is 3. The molecule has 0 aliphatic carbocycles. The molecule has 154 valence electrons. The summed E-state index contributed by atoms with van der Waals surface area (Å²) >= 11 is 3.48. The van der Waals surface area contributed by atoms with Gasteiger partial charge in [0.25, 0.3) is 0 Å². The summed E-state index contributed by atoms with van der Waals surface area (Å²) in [6.45, 7) is 4.80. The van der Waals surface area contributed by atoms with Crippen LogP contribution < -0.4 is 15.6 Å². The van der Waals surface area contributed by atoms with Gasteiger partial charge in [0.2, 0.25) is 17.8 Å². The number of aryl methyl sites for hydroxylation is 1. The second-order valence-electron chi connectivity index (χ2n) is 6.80. The first kappa shape index (κ1) is 20.2. The number of nitrogens with one attached hydrogen (secondary N) is 2. The number of hydrogen-bond donors (Lipinski definition) is 2. The molecule has 8 nitrogen and oxygen atoms in total. The van der Waals surface area contributed by atoms with Crippen LogP contribution in [0.3, 0.4) is 0 Å². The third-order valence-corrected chi connectivity index (χ3v) is 4.95. The average molecular weight is 468 g/mol. The van der Waals surface area contributed by atoms with Crippen molar-refractivity contribution in [2.45, 2.75) is 6.92 Å². The largest absolute Gasteiger partial charge is 0.378 e. The van der Waals surface area contributed by atoms with Crippen LogP contribution >= 0.6 is 15.9 Å². The molecule has 4 rings (SSSR count). The zero-order valence-corrected chi connectivity index (χ0v) is 18.1. The molecule has 3 aromatic rings. The molecule has 1 aliphatic heterocycles. The minimum atomic E-state index is 0.368. The summed E-state index contributed by atoms with van der Waals surface area (Å²) in [6, 6.07) is 15.9. The third kappa shape index (κ3) is 5.52. The Morgan fingerprint density at radius 1 is 1.03 bits per heavy atom. The molecule has 0 radical (unpaired) electrons. The summed E-state index contributed by atoms with van der Waals surface area (Å²) in [5.41, 5.74) is 5.99. The van der Waals surface area contributed by atoms with Crippen LogP contribution in [0.2, 0.25) is 0 Å². The molecular formula is C21H22BrN7O. The Morgan fingerprint density at radius 3 is 2.57 bits per heavy atom. The Balaban J connectivity index is 1.56. The highest BCUT2D eigenvalue weighted by molar-refractivity contribution is 9.10. The van der Waals surface area contributed by atoms with Gasteiger partial charge in [-0.1, -0.05) is 51.8 Å². The van der Waals surface area contributed by atoms with Gasteiger partial charge in [0.1, 0.15) is 0 Å². The summed E-state index contributed by atoms with van der Waals surface area (Å²) in [4.78, 5) is 15.7. The molecule has 0 unspecified atom stereocenters. The molecule has 1 fully saturated rings. The van der Waals surface area contributed by atoms with E-state index in [-0.39, 0.29) is 0 Å². The summed E-state index contributed by atoms with van der Waals surface area (Å²) in [5.74, 6) is 1.39. The number of hydrogen-bond acceptors (Lipinski definition) is 8. The molecule has 0 spiro atoms. The van der Waals surface area contributed by atoms with E-state index in [4.69, 9.17) is 4.74 Å². The molecule has 2 aromatic carbocycles. The molecule has 2 heterocycles. The Hall–Kier alpha value is -3.04. The van der Waals surface area contributed by atoms with Crippen molar-refractivity contribution in [3.63, 3.8) is 0 Å². The first-order chi connectivity index (χ1) is 14.7. The van der Waals surface area contributed by atoms with E-state index < -0.39 is 0 Å². The molecule has 1 aromatic heterocycles. The molecule has 0 amide bonds. The highest BCUT2D eigenvalue weighted by atomic mass is 79.9. The van der Waals surface area contributed by atoms with Crippen LogP contribution in [0.1, 0.15) is 11.1 Å². The van der Waals surface area contributed by atoms with Crippen molar-refractivity contribution in [2.75, 3.05) is 41.9 Å². The molecule has 0 bridgehead atoms. The van der Waals surface area contributed by atoms with E-state index in [9.17, 15) is 0 Å². The normalized spacial score (nSPS) is 14.1. The van der Waals surface area contributed by atoms with Crippen LogP contribution in [0, 0.1) is 6.92 Å². The van der Waals surface area contributed by atoms with Gasteiger partial charge in [-0.3, -0.25) is 0 Å². The van der Waals surface area contributed by atoms with E-state index in [1.807, 2.05) is 48.5 Å². The van der Waals surface area contributed by atoms with Crippen LogP contribution in [0.15, 0.2) is 58.1 Å². The lowest BCUT2D eigenvalue weighted by molar-refractivity contribution is 0.122. The van der Waals surface area contributed by atoms with Crippen LogP contribution in [-0.2, 0) is 4.74 Å². The molecule has 1 aliphatic rings. The van der Waals surface area contributed by atoms with Gasteiger partial charge in [-0.15, -0.1) is 0 Å². The van der Waals surface area contributed by atoms with Gasteiger partial charge in [-0.05, 0) is 30.7 Å². The van der Waals surface area contributed by atoms with E-state index in [0.29, 0.717) is 31.1 Å². The Kier molecular flexibility index (Phi) is 6.50. The Labute approximate surface area is 183 Å². The smallest absolute Gasteiger partial charge is 0.250 e. The molecular weight excluding hydrogens is 446 g/mol. The lowest BCUT2D eigenvalue weighted by Gasteiger charge is -2.27. The molecule has 2 N–H and O–H groups in total. The first-order valence-corrected chi connectivity index (χ1v) is 10.4. The topological polar surface area (TPSA) is 87.6 Å². The fourth-order valence-corrected chi connectivity index (χ4v) is 3.29. The second kappa shape index (κ2) is 9.64. The van der Waals surface area contributed by atoms with Gasteiger partial charge in [0, 0.05) is 23.2 Å². The maximum absolute atomic E-state index is 5.44. The van der Waals surface area contributed by atoms with Crippen molar-refractivity contribution in [1.29, 1.82) is 0 Å². The average Bonchev–Trinajstić information content (AvgIpc) is 2.76. The van der Waals surface area contributed by atoms with Crippen LogP contribution in [0.25, 0.3) is 0 Å². The van der Waals surface area contributed by atoms with E-state index in [2.05, 4.69) is 58.5 Å². The van der Waals surface area contributed by atoms with E-state index in [1.165, 1.54) is 5.56 Å². The number of anilines is 4. The maximum atomic E-state index is 5.44. The lowest BCUT2D eigenvalue weighted by Crippen LogP contribution is -2.37. The summed E-state index contributed by atoms with van der Waals surface area (Å²) in [5, 5.41) is 7.52. The Morgan fingerprint density at radius 2 is 1.80 bits per heavy atom. The highest BCUT2D eigenvalue weighted by Gasteiger charge is 2.16. The zero-order valence-electron chi connectivity index (χ0n) is 16.5. The molecule has 0 atom stereocenters. The highest BCUT2D eigenvalue weighted by Crippen LogP contribution is 2.21. The van der Waals surface area contributed by atoms with Crippen LogP contribution in [0.4, 0.5) is 23.5 Å². The zero-order chi connectivity index (χ0) is 20.8. The number of rotatable bonds is 6. The van der Waals surface area contributed by atoms with E-state index >= 15 is 0 Å². The van der Waals surface area contributed by atoms with Crippen molar-refractivity contribution in [1.82, 2.24) is 15.0 Å². The van der Waals surface area contributed by atoms with Crippen molar-refractivity contribution in [3.8, 4) is 0 Å². The molecule has 30 heavy (non-hydrogen) atoms. The number of benzene rings is 2. The fraction of sp³-hybridized carbons (Fsp3) is 0.238. The molecule has 9 heteroatoms. The quantitative estimate of drug-likeness (QED) is 0.418. The third-order valence-electron chi connectivity index (χ3n) is 4.45. The molecule has 0 saturated carbocycles. The van der Waals surface area contributed by atoms with Crippen molar-refractivity contribution in [3.05, 3.63) is 64.1 Å². The van der Waals surface area contributed by atoms with E-state index in [1.54, 1.807) is 6.21 Å². The molecule has 1 saturated heterocycles. The minimum absolute atomic E-state index is 0.368. The second-order valence-corrected chi connectivity index (χ2v) is 7.71. The number of morpholine rings is 1. The van der Waals surface area contributed by atoms with E-state index in [0.717, 1.165) is 28.8 Å². The number of ether oxygens (including phenoxy) is 1. The summed E-state index contributed by atoms with van der Waals surface area (Å²) < 4.78 is 6.41. The monoisotopic (exact) mass is 467 g/mol. The van der Waals surface area contributed by atoms with Gasteiger partial charge >= 0.3 is 0 Å². The Bertz CT molecular complexity index is 1020. The fourth-order valence-electron chi connectivity index (χ4n) is 2.89. The van der Waals surface area contributed by atoms with Gasteiger partial charge in [0.05, 0.1) is 19.4 Å². The van der Waals surface area contributed by atoms with Crippen molar-refractivity contribution in [2.24, 2.45) is 5.10 Å². The minimum Gasteiger partial charge on any atom is -0.378 e. The summed E-state index contributed by atoms with van der Waals surface area (Å²) in [6.07, 6.45) is 1.74. The van der Waals surface area contributed by atoms with Crippen molar-refractivity contribution >= 4 is 45.7 Å². The van der Waals surface area contributed by atoms with Gasteiger partial charge < -0.3 is 15.0 Å².